The predicted molar refractivity (Wildman–Crippen MR) is 55.5 cm³/mol. The first-order valence-corrected chi connectivity index (χ1v) is 5.76. The molecule has 15 heavy (non-hydrogen) atoms. The standard InChI is InChI=1S/C11H16N2O2/c14-12-9-4-3-8-7-2-1-6(11(8)9)5-10(7)13-15/h6-8,11,14-15H,1-5H2/b12-9+,13-10+. The first-order valence-electron chi connectivity index (χ1n) is 5.76. The Morgan fingerprint density at radius 1 is 1.00 bits per heavy atom. The highest BCUT2D eigenvalue weighted by atomic mass is 16.4. The zero-order chi connectivity index (χ0) is 10.4. The molecule has 4 aliphatic rings. The third-order valence-corrected chi connectivity index (χ3v) is 4.61. The summed E-state index contributed by atoms with van der Waals surface area (Å²) >= 11 is 0. The van der Waals surface area contributed by atoms with Crippen molar-refractivity contribution in [3.8, 4) is 0 Å². The number of nitrogens with zero attached hydrogens (tertiary/aromatic N) is 2. The van der Waals surface area contributed by atoms with Gasteiger partial charge in [0.15, 0.2) is 0 Å². The van der Waals surface area contributed by atoms with Crippen LogP contribution in [0, 0.1) is 23.7 Å². The van der Waals surface area contributed by atoms with Gasteiger partial charge in [-0.05, 0) is 43.9 Å². The summed E-state index contributed by atoms with van der Waals surface area (Å²) in [5, 5.41) is 24.8. The van der Waals surface area contributed by atoms with E-state index in [1.807, 2.05) is 0 Å². The molecular weight excluding hydrogens is 192 g/mol. The van der Waals surface area contributed by atoms with Gasteiger partial charge in [0.1, 0.15) is 0 Å². The molecule has 4 rings (SSSR count). The molecule has 0 saturated heterocycles. The van der Waals surface area contributed by atoms with Crippen molar-refractivity contribution in [2.45, 2.75) is 32.1 Å². The number of hydrogen-bond acceptors (Lipinski definition) is 4. The van der Waals surface area contributed by atoms with Gasteiger partial charge in [0.2, 0.25) is 0 Å². The van der Waals surface area contributed by atoms with Gasteiger partial charge in [-0.15, -0.1) is 0 Å². The highest BCUT2D eigenvalue weighted by molar-refractivity contribution is 5.95. The van der Waals surface area contributed by atoms with Crippen LogP contribution in [0.15, 0.2) is 10.3 Å². The van der Waals surface area contributed by atoms with E-state index in [9.17, 15) is 0 Å². The Labute approximate surface area is 88.7 Å². The molecule has 2 bridgehead atoms. The Bertz CT molecular complexity index is 331. The Kier molecular flexibility index (Phi) is 1.97. The van der Waals surface area contributed by atoms with E-state index in [0.29, 0.717) is 23.7 Å². The maximum atomic E-state index is 8.96. The molecule has 0 spiro atoms. The minimum absolute atomic E-state index is 0.448. The largest absolute Gasteiger partial charge is 0.411 e. The van der Waals surface area contributed by atoms with Crippen LogP contribution in [-0.2, 0) is 0 Å². The van der Waals surface area contributed by atoms with Gasteiger partial charge in [-0.25, -0.2) is 0 Å². The summed E-state index contributed by atoms with van der Waals surface area (Å²) in [7, 11) is 0. The summed E-state index contributed by atoms with van der Waals surface area (Å²) in [5.74, 6) is 2.05. The molecule has 4 atom stereocenters. The molecule has 4 fully saturated rings. The first kappa shape index (κ1) is 9.19. The second kappa shape index (κ2) is 3.22. The molecule has 0 aromatic heterocycles. The first-order chi connectivity index (χ1) is 7.35. The SMILES string of the molecule is O/N=C1\CC2CCC1C1CC/C(=N\O)C21. The predicted octanol–water partition coefficient (Wildman–Crippen LogP) is 2.10. The van der Waals surface area contributed by atoms with Crippen LogP contribution in [0.3, 0.4) is 0 Å². The molecule has 4 aliphatic carbocycles. The van der Waals surface area contributed by atoms with Gasteiger partial charge >= 0.3 is 0 Å². The van der Waals surface area contributed by atoms with Crippen molar-refractivity contribution in [2.24, 2.45) is 34.0 Å². The molecule has 0 amide bonds. The lowest BCUT2D eigenvalue weighted by atomic mass is 9.59. The van der Waals surface area contributed by atoms with Crippen molar-refractivity contribution >= 4 is 11.4 Å². The summed E-state index contributed by atoms with van der Waals surface area (Å²) in [6.45, 7) is 0. The van der Waals surface area contributed by atoms with Gasteiger partial charge in [-0.3, -0.25) is 0 Å². The zero-order valence-corrected chi connectivity index (χ0v) is 8.63. The van der Waals surface area contributed by atoms with Crippen molar-refractivity contribution in [1.82, 2.24) is 0 Å². The highest BCUT2D eigenvalue weighted by Crippen LogP contribution is 2.53. The van der Waals surface area contributed by atoms with Gasteiger partial charge < -0.3 is 10.4 Å². The minimum Gasteiger partial charge on any atom is -0.411 e. The molecule has 4 unspecified atom stereocenters. The van der Waals surface area contributed by atoms with E-state index in [-0.39, 0.29) is 0 Å². The van der Waals surface area contributed by atoms with E-state index in [0.717, 1.165) is 37.1 Å². The molecule has 82 valence electrons. The lowest BCUT2D eigenvalue weighted by Gasteiger charge is -2.45. The van der Waals surface area contributed by atoms with Crippen molar-refractivity contribution in [1.29, 1.82) is 0 Å². The number of fused-ring (bicyclic) bond motifs is 2. The van der Waals surface area contributed by atoms with E-state index < -0.39 is 0 Å². The summed E-state index contributed by atoms with van der Waals surface area (Å²) < 4.78 is 0. The van der Waals surface area contributed by atoms with Crippen LogP contribution in [0.25, 0.3) is 0 Å². The Morgan fingerprint density at radius 2 is 1.80 bits per heavy atom. The van der Waals surface area contributed by atoms with E-state index in [1.54, 1.807) is 0 Å². The van der Waals surface area contributed by atoms with Gasteiger partial charge in [-0.2, -0.15) is 0 Å². The van der Waals surface area contributed by atoms with Crippen molar-refractivity contribution < 1.29 is 10.4 Å². The Balaban J connectivity index is 1.96. The van der Waals surface area contributed by atoms with Crippen molar-refractivity contribution in [3.05, 3.63) is 0 Å². The summed E-state index contributed by atoms with van der Waals surface area (Å²) in [4.78, 5) is 0. The number of rotatable bonds is 0. The van der Waals surface area contributed by atoms with E-state index >= 15 is 0 Å². The fourth-order valence-corrected chi connectivity index (χ4v) is 4.06. The third-order valence-electron chi connectivity index (χ3n) is 4.61. The second-order valence-corrected chi connectivity index (χ2v) is 5.06. The summed E-state index contributed by atoms with van der Waals surface area (Å²) in [5.41, 5.74) is 1.98. The maximum absolute atomic E-state index is 8.96. The van der Waals surface area contributed by atoms with Crippen LogP contribution < -0.4 is 0 Å². The molecule has 4 heteroatoms. The third kappa shape index (κ3) is 1.13. The van der Waals surface area contributed by atoms with Gasteiger partial charge in [0.25, 0.3) is 0 Å². The molecule has 0 aromatic rings. The molecule has 4 nitrogen and oxygen atoms in total. The van der Waals surface area contributed by atoms with Crippen LogP contribution in [0.2, 0.25) is 0 Å². The zero-order valence-electron chi connectivity index (χ0n) is 8.63. The average molecular weight is 208 g/mol. The fraction of sp³-hybridized carbons (Fsp3) is 0.818. The van der Waals surface area contributed by atoms with Crippen LogP contribution in [0.4, 0.5) is 0 Å². The second-order valence-electron chi connectivity index (χ2n) is 5.06. The van der Waals surface area contributed by atoms with E-state index in [4.69, 9.17) is 10.4 Å². The van der Waals surface area contributed by atoms with Gasteiger partial charge in [-0.1, -0.05) is 10.3 Å². The molecular formula is C11H16N2O2. The lowest BCUT2D eigenvalue weighted by molar-refractivity contribution is 0.149. The van der Waals surface area contributed by atoms with Gasteiger partial charge in [0, 0.05) is 11.8 Å². The van der Waals surface area contributed by atoms with Crippen LogP contribution in [0.5, 0.6) is 0 Å². The van der Waals surface area contributed by atoms with Crippen LogP contribution >= 0.6 is 0 Å². The molecule has 0 aliphatic heterocycles. The lowest BCUT2D eigenvalue weighted by Crippen LogP contribution is -2.45. The smallest absolute Gasteiger partial charge is 0.0607 e. The maximum Gasteiger partial charge on any atom is 0.0607 e. The Morgan fingerprint density at radius 3 is 2.53 bits per heavy atom. The highest BCUT2D eigenvalue weighted by Gasteiger charge is 2.51. The quantitative estimate of drug-likeness (QED) is 0.473. The van der Waals surface area contributed by atoms with E-state index in [2.05, 4.69) is 10.3 Å². The monoisotopic (exact) mass is 208 g/mol. The minimum atomic E-state index is 0.448. The summed E-state index contributed by atoms with van der Waals surface area (Å²) in [6, 6.07) is 0. The summed E-state index contributed by atoms with van der Waals surface area (Å²) in [6.07, 6.45) is 5.29. The normalized spacial score (nSPS) is 48.8. The molecule has 0 heterocycles. The molecule has 2 N–H and O–H groups in total. The van der Waals surface area contributed by atoms with Crippen molar-refractivity contribution in [2.75, 3.05) is 0 Å². The Hall–Kier alpha value is -1.06. The molecule has 0 aromatic carbocycles. The van der Waals surface area contributed by atoms with Crippen LogP contribution in [-0.4, -0.2) is 21.8 Å². The van der Waals surface area contributed by atoms with E-state index in [1.165, 1.54) is 6.42 Å². The fourth-order valence-electron chi connectivity index (χ4n) is 4.06. The number of hydrogen-bond donors (Lipinski definition) is 2. The van der Waals surface area contributed by atoms with Crippen LogP contribution in [0.1, 0.15) is 32.1 Å². The topological polar surface area (TPSA) is 65.2 Å². The average Bonchev–Trinajstić information content (AvgIpc) is 2.74. The molecule has 4 saturated carbocycles. The number of oxime groups is 2. The molecule has 0 radical (unpaired) electrons. The van der Waals surface area contributed by atoms with Crippen molar-refractivity contribution in [3.63, 3.8) is 0 Å². The van der Waals surface area contributed by atoms with Gasteiger partial charge in [0.05, 0.1) is 11.4 Å².